The van der Waals surface area contributed by atoms with E-state index in [9.17, 15) is 0 Å². The van der Waals surface area contributed by atoms with Crippen molar-refractivity contribution in [1.82, 2.24) is 0 Å². The first-order valence-corrected chi connectivity index (χ1v) is 5.62. The molecule has 6 heteroatoms. The molecule has 0 radical (unpaired) electrons. The van der Waals surface area contributed by atoms with Crippen LogP contribution in [0.3, 0.4) is 0 Å². The highest BCUT2D eigenvalue weighted by atomic mass is 28.1. The Morgan fingerprint density at radius 1 is 1.23 bits per heavy atom. The second-order valence-corrected chi connectivity index (χ2v) is 3.83. The SMILES string of the molecule is COCC[SiH3].NC(CO)(CO)CO. The third-order valence-electron chi connectivity index (χ3n) is 1.35. The van der Waals surface area contributed by atoms with Gasteiger partial charge < -0.3 is 25.8 Å². The summed E-state index contributed by atoms with van der Waals surface area (Å²) >= 11 is 0. The Labute approximate surface area is 81.9 Å². The fourth-order valence-electron chi connectivity index (χ4n) is 0.354. The fraction of sp³-hybridized carbons (Fsp3) is 1.00. The van der Waals surface area contributed by atoms with E-state index in [1.807, 2.05) is 0 Å². The summed E-state index contributed by atoms with van der Waals surface area (Å²) in [5, 5.41) is 25.0. The van der Waals surface area contributed by atoms with Crippen molar-refractivity contribution in [1.29, 1.82) is 0 Å². The Bertz CT molecular complexity index is 90.2. The molecule has 0 aromatic rings. The Hall–Kier alpha value is 0.0169. The summed E-state index contributed by atoms with van der Waals surface area (Å²) in [6.07, 6.45) is 0. The summed E-state index contributed by atoms with van der Waals surface area (Å²) in [6, 6.07) is 1.26. The predicted octanol–water partition coefficient (Wildman–Crippen LogP) is -2.92. The summed E-state index contributed by atoms with van der Waals surface area (Å²) in [6.45, 7) is -0.258. The van der Waals surface area contributed by atoms with Crippen LogP contribution in [0.1, 0.15) is 0 Å². The van der Waals surface area contributed by atoms with Gasteiger partial charge in [-0.1, -0.05) is 0 Å². The van der Waals surface area contributed by atoms with Crippen LogP contribution in [0.15, 0.2) is 0 Å². The number of aliphatic hydroxyl groups excluding tert-OH is 3. The van der Waals surface area contributed by atoms with Gasteiger partial charge in [0, 0.05) is 24.0 Å². The van der Waals surface area contributed by atoms with Crippen molar-refractivity contribution >= 4 is 10.2 Å². The average Bonchev–Trinajstić information content (AvgIpc) is 2.19. The zero-order valence-corrected chi connectivity index (χ0v) is 10.4. The zero-order valence-electron chi connectivity index (χ0n) is 8.36. The zero-order chi connectivity index (χ0) is 10.7. The maximum absolute atomic E-state index is 8.34. The number of hydrogen-bond donors (Lipinski definition) is 4. The van der Waals surface area contributed by atoms with E-state index in [0.717, 1.165) is 6.61 Å². The number of aliphatic hydroxyl groups is 3. The van der Waals surface area contributed by atoms with E-state index in [4.69, 9.17) is 25.8 Å². The monoisotopic (exact) mass is 211 g/mol. The fourth-order valence-corrected chi connectivity index (χ4v) is 0.762. The molecule has 5 nitrogen and oxygen atoms in total. The molecule has 5 N–H and O–H groups in total. The van der Waals surface area contributed by atoms with Gasteiger partial charge in [-0.05, 0) is 6.04 Å². The Kier molecular flexibility index (Phi) is 12.0. The standard InChI is InChI=1S/C4H11NO3.C3H10OSi/c5-4(1-6,2-7)3-8;1-4-2-3-5/h6-8H,1-3,5H2;2-3H2,1,5H3. The van der Waals surface area contributed by atoms with Crippen molar-refractivity contribution < 1.29 is 20.1 Å². The van der Waals surface area contributed by atoms with E-state index >= 15 is 0 Å². The first kappa shape index (κ1) is 15.5. The minimum absolute atomic E-state index is 0.403. The van der Waals surface area contributed by atoms with Gasteiger partial charge in [-0.25, -0.2) is 0 Å². The quantitative estimate of drug-likeness (QED) is 0.365. The molecule has 0 aliphatic carbocycles. The predicted molar refractivity (Wildman–Crippen MR) is 54.8 cm³/mol. The lowest BCUT2D eigenvalue weighted by Gasteiger charge is -2.20. The lowest BCUT2D eigenvalue weighted by molar-refractivity contribution is 0.0698. The highest BCUT2D eigenvalue weighted by Gasteiger charge is 2.20. The van der Waals surface area contributed by atoms with Gasteiger partial charge in [0.15, 0.2) is 0 Å². The van der Waals surface area contributed by atoms with Crippen LogP contribution >= 0.6 is 0 Å². The molecule has 0 amide bonds. The summed E-state index contributed by atoms with van der Waals surface area (Å²) in [5.41, 5.74) is 3.94. The van der Waals surface area contributed by atoms with Crippen LogP contribution in [0, 0.1) is 0 Å². The molecule has 0 atom stereocenters. The normalized spacial score (nSPS) is 10.8. The molecule has 0 unspecified atom stereocenters. The van der Waals surface area contributed by atoms with Crippen LogP contribution in [-0.4, -0.2) is 64.6 Å². The van der Waals surface area contributed by atoms with E-state index in [2.05, 4.69) is 0 Å². The lowest BCUT2D eigenvalue weighted by atomic mass is 10.1. The third kappa shape index (κ3) is 9.93. The van der Waals surface area contributed by atoms with Crippen LogP contribution in [0.2, 0.25) is 6.04 Å². The van der Waals surface area contributed by atoms with E-state index in [0.29, 0.717) is 0 Å². The molecule has 0 spiro atoms. The molecular weight excluding hydrogens is 190 g/mol. The highest BCUT2D eigenvalue weighted by Crippen LogP contribution is 1.93. The van der Waals surface area contributed by atoms with Gasteiger partial charge in [0.1, 0.15) is 0 Å². The highest BCUT2D eigenvalue weighted by molar-refractivity contribution is 6.08. The minimum Gasteiger partial charge on any atom is -0.394 e. The molecular formula is C7H21NO4Si. The maximum atomic E-state index is 8.34. The van der Waals surface area contributed by atoms with Crippen LogP contribution < -0.4 is 5.73 Å². The van der Waals surface area contributed by atoms with Gasteiger partial charge in [-0.2, -0.15) is 0 Å². The Balaban J connectivity index is 0. The van der Waals surface area contributed by atoms with Crippen molar-refractivity contribution in [3.05, 3.63) is 0 Å². The number of nitrogens with two attached hydrogens (primary N) is 1. The molecule has 0 aliphatic heterocycles. The third-order valence-corrected chi connectivity index (χ3v) is 1.76. The molecule has 0 aromatic carbocycles. The van der Waals surface area contributed by atoms with E-state index in [-0.39, 0.29) is 0 Å². The van der Waals surface area contributed by atoms with Crippen molar-refractivity contribution in [2.24, 2.45) is 5.73 Å². The summed E-state index contributed by atoms with van der Waals surface area (Å²) in [5.74, 6) is 0. The molecule has 0 saturated carbocycles. The Morgan fingerprint density at radius 2 is 1.62 bits per heavy atom. The smallest absolute Gasteiger partial charge is 0.0856 e. The van der Waals surface area contributed by atoms with Gasteiger partial charge in [-0.3, -0.25) is 0 Å². The van der Waals surface area contributed by atoms with Gasteiger partial charge in [-0.15, -0.1) is 0 Å². The van der Waals surface area contributed by atoms with Gasteiger partial charge in [0.25, 0.3) is 0 Å². The first-order chi connectivity index (χ1) is 6.10. The van der Waals surface area contributed by atoms with Gasteiger partial charge in [0.05, 0.1) is 25.4 Å². The molecule has 0 saturated heterocycles. The molecule has 0 fully saturated rings. The topological polar surface area (TPSA) is 95.9 Å². The molecule has 0 aliphatic rings. The molecule has 82 valence electrons. The van der Waals surface area contributed by atoms with Gasteiger partial charge in [0.2, 0.25) is 0 Å². The van der Waals surface area contributed by atoms with Crippen molar-refractivity contribution in [2.75, 3.05) is 33.5 Å². The molecule has 0 bridgehead atoms. The van der Waals surface area contributed by atoms with E-state index < -0.39 is 25.4 Å². The molecule has 0 heterocycles. The van der Waals surface area contributed by atoms with Crippen molar-refractivity contribution in [2.45, 2.75) is 11.6 Å². The molecule has 0 aromatic heterocycles. The first-order valence-electron chi connectivity index (χ1n) is 4.20. The van der Waals surface area contributed by atoms with Crippen LogP contribution in [0.4, 0.5) is 0 Å². The summed E-state index contributed by atoms with van der Waals surface area (Å²) in [4.78, 5) is 0. The van der Waals surface area contributed by atoms with Gasteiger partial charge >= 0.3 is 0 Å². The van der Waals surface area contributed by atoms with E-state index in [1.165, 1.54) is 16.3 Å². The minimum atomic E-state index is -1.21. The summed E-state index contributed by atoms with van der Waals surface area (Å²) in [7, 11) is 3.01. The Morgan fingerprint density at radius 3 is 1.62 bits per heavy atom. The van der Waals surface area contributed by atoms with E-state index in [1.54, 1.807) is 7.11 Å². The lowest BCUT2D eigenvalue weighted by Crippen LogP contribution is -2.50. The van der Waals surface area contributed by atoms with Crippen LogP contribution in [0.25, 0.3) is 0 Å². The summed E-state index contributed by atoms with van der Waals surface area (Å²) < 4.78 is 4.73. The number of hydrogen-bond acceptors (Lipinski definition) is 5. The van der Waals surface area contributed by atoms with Crippen LogP contribution in [-0.2, 0) is 4.74 Å². The van der Waals surface area contributed by atoms with Crippen LogP contribution in [0.5, 0.6) is 0 Å². The largest absolute Gasteiger partial charge is 0.394 e. The van der Waals surface area contributed by atoms with Crippen molar-refractivity contribution in [3.63, 3.8) is 0 Å². The maximum Gasteiger partial charge on any atom is 0.0856 e. The second-order valence-electron chi connectivity index (χ2n) is 2.83. The molecule has 0 rings (SSSR count). The van der Waals surface area contributed by atoms with Crippen molar-refractivity contribution in [3.8, 4) is 0 Å². The number of methoxy groups -OCH3 is 1. The number of ether oxygens (including phenoxy) is 1. The molecule has 13 heavy (non-hydrogen) atoms. The average molecular weight is 211 g/mol. The second kappa shape index (κ2) is 10.1. The number of rotatable bonds is 5.